The van der Waals surface area contributed by atoms with Crippen LogP contribution in [0.5, 0.6) is 0 Å². The second kappa shape index (κ2) is 12.5. The molecule has 0 saturated carbocycles. The average Bonchev–Trinajstić information content (AvgIpc) is 2.86. The first-order valence-corrected chi connectivity index (χ1v) is 8.62. The van der Waals surface area contributed by atoms with Gasteiger partial charge < -0.3 is 20.0 Å². The molecule has 2 N–H and O–H groups in total. The zero-order chi connectivity index (χ0) is 17.2. The molecule has 0 spiro atoms. The molecule has 0 bridgehead atoms. The van der Waals surface area contributed by atoms with Crippen molar-refractivity contribution in [2.24, 2.45) is 4.99 Å². The first kappa shape index (κ1) is 23.2. The molecule has 7 heteroatoms. The molecule has 0 aromatic carbocycles. The van der Waals surface area contributed by atoms with Crippen LogP contribution in [0.15, 0.2) is 9.41 Å². The maximum Gasteiger partial charge on any atom is 0.214 e. The van der Waals surface area contributed by atoms with Gasteiger partial charge in [0.25, 0.3) is 0 Å². The lowest BCUT2D eigenvalue weighted by Gasteiger charge is -2.21. The Hall–Kier alpha value is -0.830. The van der Waals surface area contributed by atoms with Crippen molar-refractivity contribution in [3.05, 3.63) is 17.3 Å². The molecule has 0 aliphatic rings. The topological polar surface area (TPSA) is 65.7 Å². The highest BCUT2D eigenvalue weighted by Gasteiger charge is 2.09. The van der Waals surface area contributed by atoms with Crippen molar-refractivity contribution < 1.29 is 4.42 Å². The van der Waals surface area contributed by atoms with Crippen LogP contribution in [0.25, 0.3) is 0 Å². The van der Waals surface area contributed by atoms with Crippen molar-refractivity contribution in [1.82, 2.24) is 20.5 Å². The van der Waals surface area contributed by atoms with Gasteiger partial charge in [-0.1, -0.05) is 13.8 Å². The number of hydrogen-bond donors (Lipinski definition) is 2. The van der Waals surface area contributed by atoms with Crippen LogP contribution in [0.2, 0.25) is 0 Å². The van der Waals surface area contributed by atoms with E-state index in [1.54, 1.807) is 7.05 Å². The molecule has 0 radical (unpaired) electrons. The van der Waals surface area contributed by atoms with E-state index in [0.717, 1.165) is 43.5 Å². The van der Waals surface area contributed by atoms with Gasteiger partial charge in [-0.15, -0.1) is 24.0 Å². The number of nitrogens with zero attached hydrogens (tertiary/aromatic N) is 3. The number of aromatic nitrogens is 1. The number of aryl methyl sites for hydroxylation is 2. The van der Waals surface area contributed by atoms with Gasteiger partial charge >= 0.3 is 0 Å². The molecule has 1 aromatic rings. The van der Waals surface area contributed by atoms with Gasteiger partial charge in [-0.05, 0) is 53.2 Å². The van der Waals surface area contributed by atoms with E-state index in [2.05, 4.69) is 46.3 Å². The van der Waals surface area contributed by atoms with E-state index in [9.17, 15) is 0 Å². The zero-order valence-corrected chi connectivity index (χ0v) is 18.3. The first-order valence-electron chi connectivity index (χ1n) is 8.62. The minimum atomic E-state index is 0. The molecule has 1 unspecified atom stereocenters. The molecule has 1 rings (SSSR count). The predicted octanol–water partition coefficient (Wildman–Crippen LogP) is 3.08. The summed E-state index contributed by atoms with van der Waals surface area (Å²) in [6.45, 7) is 14.4. The third-order valence-corrected chi connectivity index (χ3v) is 4.09. The van der Waals surface area contributed by atoms with Crippen molar-refractivity contribution in [1.29, 1.82) is 0 Å². The van der Waals surface area contributed by atoms with E-state index in [1.165, 1.54) is 6.42 Å². The molecule has 1 atom stereocenters. The number of oxazole rings is 1. The fourth-order valence-electron chi connectivity index (χ4n) is 2.44. The summed E-state index contributed by atoms with van der Waals surface area (Å²) >= 11 is 0. The second-order valence-electron chi connectivity index (χ2n) is 5.89. The van der Waals surface area contributed by atoms with Crippen LogP contribution in [0.1, 0.15) is 51.0 Å². The number of aliphatic imine (C=N–C) groups is 1. The number of guanidine groups is 1. The first-order chi connectivity index (χ1) is 11.0. The smallest absolute Gasteiger partial charge is 0.214 e. The molecule has 140 valence electrons. The monoisotopic (exact) mass is 451 g/mol. The number of nitrogens with one attached hydrogen (secondary N) is 2. The minimum Gasteiger partial charge on any atom is -0.444 e. The van der Waals surface area contributed by atoms with Gasteiger partial charge in [0.15, 0.2) is 5.96 Å². The Labute approximate surface area is 163 Å². The van der Waals surface area contributed by atoms with Crippen molar-refractivity contribution in [3.8, 4) is 0 Å². The molecular weight excluding hydrogens is 417 g/mol. The Morgan fingerprint density at radius 1 is 1.29 bits per heavy atom. The maximum atomic E-state index is 5.57. The fourth-order valence-corrected chi connectivity index (χ4v) is 2.44. The van der Waals surface area contributed by atoms with Crippen LogP contribution in [0, 0.1) is 13.8 Å². The highest BCUT2D eigenvalue weighted by atomic mass is 127. The van der Waals surface area contributed by atoms with Crippen LogP contribution >= 0.6 is 24.0 Å². The summed E-state index contributed by atoms with van der Waals surface area (Å²) in [5, 5.41) is 6.67. The summed E-state index contributed by atoms with van der Waals surface area (Å²) in [5.41, 5.74) is 0.939. The van der Waals surface area contributed by atoms with Crippen LogP contribution in [-0.2, 0) is 6.54 Å². The van der Waals surface area contributed by atoms with E-state index < -0.39 is 0 Å². The average molecular weight is 451 g/mol. The second-order valence-corrected chi connectivity index (χ2v) is 5.89. The van der Waals surface area contributed by atoms with Crippen molar-refractivity contribution in [2.75, 3.05) is 26.7 Å². The van der Waals surface area contributed by atoms with Gasteiger partial charge in [-0.2, -0.15) is 0 Å². The van der Waals surface area contributed by atoms with Crippen molar-refractivity contribution >= 4 is 29.9 Å². The van der Waals surface area contributed by atoms with E-state index in [1.807, 2.05) is 13.8 Å². The summed E-state index contributed by atoms with van der Waals surface area (Å²) < 4.78 is 5.57. The summed E-state index contributed by atoms with van der Waals surface area (Å²) in [7, 11) is 1.78. The number of hydrogen-bond acceptors (Lipinski definition) is 4. The molecule has 0 saturated heterocycles. The van der Waals surface area contributed by atoms with Crippen molar-refractivity contribution in [2.45, 2.75) is 60.0 Å². The van der Waals surface area contributed by atoms with Crippen molar-refractivity contribution in [3.63, 3.8) is 0 Å². The SMILES string of the molecule is CCN(CC)CCCC(C)NC(=NC)NCc1nc(C)c(C)o1.I. The third-order valence-electron chi connectivity index (χ3n) is 4.09. The molecule has 1 aromatic heterocycles. The van der Waals surface area contributed by atoms with E-state index >= 15 is 0 Å². The van der Waals surface area contributed by atoms with Gasteiger partial charge in [0, 0.05) is 13.1 Å². The standard InChI is InChI=1S/C17H33N5O.HI/c1-7-22(8-2)11-9-10-13(3)20-17(18-6)19-12-16-21-14(4)15(5)23-16;/h13H,7-12H2,1-6H3,(H2,18,19,20);1H. The van der Waals surface area contributed by atoms with Gasteiger partial charge in [0.2, 0.25) is 5.89 Å². The third kappa shape index (κ3) is 8.32. The molecule has 1 heterocycles. The van der Waals surface area contributed by atoms with Crippen LogP contribution in [0.3, 0.4) is 0 Å². The molecule has 0 aliphatic heterocycles. The van der Waals surface area contributed by atoms with Crippen LogP contribution in [-0.4, -0.2) is 48.6 Å². The quantitative estimate of drug-likeness (QED) is 0.343. The van der Waals surface area contributed by atoms with Gasteiger partial charge in [-0.25, -0.2) is 4.98 Å². The molecule has 0 fully saturated rings. The Kier molecular flexibility index (Phi) is 12.1. The fraction of sp³-hybridized carbons (Fsp3) is 0.765. The van der Waals surface area contributed by atoms with E-state index in [4.69, 9.17) is 4.42 Å². The van der Waals surface area contributed by atoms with Crippen LogP contribution in [0.4, 0.5) is 0 Å². The minimum absolute atomic E-state index is 0. The lowest BCUT2D eigenvalue weighted by molar-refractivity contribution is 0.292. The normalized spacial score (nSPS) is 12.9. The van der Waals surface area contributed by atoms with Gasteiger partial charge in [-0.3, -0.25) is 4.99 Å². The predicted molar refractivity (Wildman–Crippen MR) is 111 cm³/mol. The largest absolute Gasteiger partial charge is 0.444 e. The van der Waals surface area contributed by atoms with Crippen LogP contribution < -0.4 is 10.6 Å². The summed E-state index contributed by atoms with van der Waals surface area (Å²) in [6.07, 6.45) is 2.30. The molecule has 6 nitrogen and oxygen atoms in total. The molecule has 0 aliphatic carbocycles. The van der Waals surface area contributed by atoms with Gasteiger partial charge in [0.05, 0.1) is 12.2 Å². The molecular formula is C17H34IN5O. The zero-order valence-electron chi connectivity index (χ0n) is 16.0. The number of rotatable bonds is 9. The van der Waals surface area contributed by atoms with Gasteiger partial charge in [0.1, 0.15) is 5.76 Å². The lowest BCUT2D eigenvalue weighted by Crippen LogP contribution is -2.42. The van der Waals surface area contributed by atoms with E-state index in [-0.39, 0.29) is 24.0 Å². The number of halogens is 1. The summed E-state index contributed by atoms with van der Waals surface area (Å²) in [5.74, 6) is 2.35. The highest BCUT2D eigenvalue weighted by Crippen LogP contribution is 2.07. The Balaban J connectivity index is 0.00000529. The summed E-state index contributed by atoms with van der Waals surface area (Å²) in [4.78, 5) is 11.1. The lowest BCUT2D eigenvalue weighted by atomic mass is 10.2. The Bertz CT molecular complexity index is 466. The van der Waals surface area contributed by atoms with E-state index in [0.29, 0.717) is 18.5 Å². The molecule has 24 heavy (non-hydrogen) atoms. The molecule has 0 amide bonds. The summed E-state index contributed by atoms with van der Waals surface area (Å²) in [6, 6.07) is 0.379. The maximum absolute atomic E-state index is 5.57. The highest BCUT2D eigenvalue weighted by molar-refractivity contribution is 14.0. The Morgan fingerprint density at radius 3 is 2.46 bits per heavy atom. The Morgan fingerprint density at radius 2 is 1.96 bits per heavy atom.